The van der Waals surface area contributed by atoms with E-state index in [9.17, 15) is 14.4 Å². The SMILES string of the molecule is CC(C)(CC(=O)O)CC(=O)NC(=O)N1CCCC1(C)C. The van der Waals surface area contributed by atoms with Crippen molar-refractivity contribution in [1.29, 1.82) is 0 Å². The fourth-order valence-corrected chi connectivity index (χ4v) is 2.62. The molecule has 0 radical (unpaired) electrons. The van der Waals surface area contributed by atoms with Crippen molar-refractivity contribution in [3.8, 4) is 0 Å². The molecule has 1 fully saturated rings. The maximum Gasteiger partial charge on any atom is 0.324 e. The summed E-state index contributed by atoms with van der Waals surface area (Å²) in [5.41, 5.74) is -0.905. The van der Waals surface area contributed by atoms with Crippen LogP contribution in [-0.2, 0) is 9.59 Å². The number of amides is 3. The summed E-state index contributed by atoms with van der Waals surface area (Å²) in [4.78, 5) is 36.3. The van der Waals surface area contributed by atoms with Gasteiger partial charge in [-0.1, -0.05) is 13.8 Å². The van der Waals surface area contributed by atoms with Gasteiger partial charge in [-0.05, 0) is 32.1 Å². The van der Waals surface area contributed by atoms with Gasteiger partial charge in [0, 0.05) is 18.5 Å². The van der Waals surface area contributed by atoms with Crippen molar-refractivity contribution in [2.45, 2.75) is 58.9 Å². The van der Waals surface area contributed by atoms with Crippen LogP contribution in [-0.4, -0.2) is 40.0 Å². The Morgan fingerprint density at radius 2 is 1.85 bits per heavy atom. The molecule has 0 aromatic rings. The van der Waals surface area contributed by atoms with Crippen molar-refractivity contribution in [1.82, 2.24) is 10.2 Å². The van der Waals surface area contributed by atoms with Crippen molar-refractivity contribution in [3.63, 3.8) is 0 Å². The second-order valence-electron chi connectivity index (χ2n) is 6.83. The molecule has 6 heteroatoms. The van der Waals surface area contributed by atoms with Crippen LogP contribution in [0.4, 0.5) is 4.79 Å². The van der Waals surface area contributed by atoms with E-state index in [0.29, 0.717) is 6.54 Å². The van der Waals surface area contributed by atoms with E-state index in [1.165, 1.54) is 0 Å². The molecule has 0 saturated carbocycles. The van der Waals surface area contributed by atoms with Gasteiger partial charge in [0.2, 0.25) is 5.91 Å². The molecule has 2 N–H and O–H groups in total. The number of hydrogen-bond donors (Lipinski definition) is 2. The standard InChI is InChI=1S/C14H24N2O4/c1-13(2,9-11(18)19)8-10(17)15-12(20)16-7-5-6-14(16,3)4/h5-9H2,1-4H3,(H,18,19)(H,15,17,20). The predicted octanol–water partition coefficient (Wildman–Crippen LogP) is 1.99. The summed E-state index contributed by atoms with van der Waals surface area (Å²) in [6.45, 7) is 7.98. The Bertz CT molecular complexity index is 415. The molecule has 1 aliphatic rings. The van der Waals surface area contributed by atoms with E-state index in [-0.39, 0.29) is 24.4 Å². The fraction of sp³-hybridized carbons (Fsp3) is 0.786. The molecule has 0 aromatic heterocycles. The second-order valence-corrected chi connectivity index (χ2v) is 6.83. The summed E-state index contributed by atoms with van der Waals surface area (Å²) in [5.74, 6) is -1.38. The Labute approximate surface area is 119 Å². The number of rotatable bonds is 4. The van der Waals surface area contributed by atoms with Crippen molar-refractivity contribution >= 4 is 17.9 Å². The molecule has 1 saturated heterocycles. The Balaban J connectivity index is 2.54. The fourth-order valence-electron chi connectivity index (χ4n) is 2.62. The minimum absolute atomic E-state index is 0.0132. The molecule has 0 unspecified atom stereocenters. The monoisotopic (exact) mass is 284 g/mol. The first-order valence-electron chi connectivity index (χ1n) is 6.87. The van der Waals surface area contributed by atoms with E-state index in [2.05, 4.69) is 5.32 Å². The van der Waals surface area contributed by atoms with Gasteiger partial charge in [-0.15, -0.1) is 0 Å². The molecule has 1 aliphatic heterocycles. The smallest absolute Gasteiger partial charge is 0.324 e. The molecule has 0 spiro atoms. The lowest BCUT2D eigenvalue weighted by Crippen LogP contribution is -2.50. The molecule has 1 heterocycles. The van der Waals surface area contributed by atoms with E-state index in [0.717, 1.165) is 12.8 Å². The summed E-state index contributed by atoms with van der Waals surface area (Å²) in [5, 5.41) is 11.1. The van der Waals surface area contributed by atoms with E-state index < -0.39 is 17.3 Å². The number of aliphatic carboxylic acids is 1. The van der Waals surface area contributed by atoms with Gasteiger partial charge in [0.05, 0.1) is 6.42 Å². The van der Waals surface area contributed by atoms with Crippen LogP contribution in [0.3, 0.4) is 0 Å². The molecule has 3 amide bonds. The lowest BCUT2D eigenvalue weighted by atomic mass is 9.85. The molecule has 6 nitrogen and oxygen atoms in total. The molecular weight excluding hydrogens is 260 g/mol. The quantitative estimate of drug-likeness (QED) is 0.826. The molecule has 0 aromatic carbocycles. The molecule has 20 heavy (non-hydrogen) atoms. The largest absolute Gasteiger partial charge is 0.481 e. The molecule has 0 aliphatic carbocycles. The third kappa shape index (κ3) is 4.51. The van der Waals surface area contributed by atoms with Crippen LogP contribution in [0.5, 0.6) is 0 Å². The van der Waals surface area contributed by atoms with Gasteiger partial charge < -0.3 is 10.0 Å². The molecule has 1 rings (SSSR count). The highest BCUT2D eigenvalue weighted by Crippen LogP contribution is 2.28. The number of nitrogens with zero attached hydrogens (tertiary/aromatic N) is 1. The summed E-state index contributed by atoms with van der Waals surface area (Å²) in [7, 11) is 0. The van der Waals surface area contributed by atoms with E-state index in [1.807, 2.05) is 13.8 Å². The number of likely N-dealkylation sites (tertiary alicyclic amines) is 1. The van der Waals surface area contributed by atoms with Gasteiger partial charge in [-0.3, -0.25) is 14.9 Å². The first kappa shape index (κ1) is 16.5. The third-order valence-electron chi connectivity index (χ3n) is 3.66. The van der Waals surface area contributed by atoms with Gasteiger partial charge >= 0.3 is 12.0 Å². The maximum atomic E-state index is 12.1. The number of carboxylic acid groups (broad SMARTS) is 1. The maximum absolute atomic E-state index is 12.1. The van der Waals surface area contributed by atoms with Crippen LogP contribution >= 0.6 is 0 Å². The Morgan fingerprint density at radius 1 is 1.25 bits per heavy atom. The number of carbonyl (C=O) groups is 3. The van der Waals surface area contributed by atoms with Crippen LogP contribution in [0.2, 0.25) is 0 Å². The third-order valence-corrected chi connectivity index (χ3v) is 3.66. The number of nitrogens with one attached hydrogen (secondary N) is 1. The normalized spacial score (nSPS) is 17.9. The van der Waals surface area contributed by atoms with Crippen LogP contribution in [0, 0.1) is 5.41 Å². The Morgan fingerprint density at radius 3 is 2.30 bits per heavy atom. The lowest BCUT2D eigenvalue weighted by Gasteiger charge is -2.31. The topological polar surface area (TPSA) is 86.7 Å². The Hall–Kier alpha value is -1.59. The average molecular weight is 284 g/mol. The summed E-state index contributed by atoms with van der Waals surface area (Å²) >= 11 is 0. The van der Waals surface area contributed by atoms with Gasteiger partial charge in [-0.25, -0.2) is 4.79 Å². The van der Waals surface area contributed by atoms with Crippen molar-refractivity contribution in [3.05, 3.63) is 0 Å². The molecule has 114 valence electrons. The Kier molecular flexibility index (Phi) is 4.78. The summed E-state index contributed by atoms with van der Waals surface area (Å²) < 4.78 is 0. The number of carbonyl (C=O) groups excluding carboxylic acids is 2. The number of imide groups is 1. The zero-order valence-electron chi connectivity index (χ0n) is 12.7. The van der Waals surface area contributed by atoms with Crippen LogP contribution in [0.15, 0.2) is 0 Å². The molecule has 0 atom stereocenters. The highest BCUT2D eigenvalue weighted by atomic mass is 16.4. The first-order chi connectivity index (χ1) is 9.03. The summed E-state index contributed by atoms with van der Waals surface area (Å²) in [6.07, 6.45) is 1.75. The van der Waals surface area contributed by atoms with E-state index in [4.69, 9.17) is 5.11 Å². The van der Waals surface area contributed by atoms with Crippen molar-refractivity contribution < 1.29 is 19.5 Å². The molecular formula is C14H24N2O4. The van der Waals surface area contributed by atoms with E-state index in [1.54, 1.807) is 18.7 Å². The van der Waals surface area contributed by atoms with Gasteiger partial charge in [0.25, 0.3) is 0 Å². The predicted molar refractivity (Wildman–Crippen MR) is 74.2 cm³/mol. The van der Waals surface area contributed by atoms with Crippen LogP contribution in [0.25, 0.3) is 0 Å². The van der Waals surface area contributed by atoms with E-state index >= 15 is 0 Å². The van der Waals surface area contributed by atoms with Crippen molar-refractivity contribution in [2.75, 3.05) is 6.54 Å². The number of urea groups is 1. The minimum Gasteiger partial charge on any atom is -0.481 e. The first-order valence-corrected chi connectivity index (χ1v) is 6.87. The highest BCUT2D eigenvalue weighted by Gasteiger charge is 2.36. The zero-order valence-corrected chi connectivity index (χ0v) is 12.7. The number of hydrogen-bond acceptors (Lipinski definition) is 3. The van der Waals surface area contributed by atoms with Gasteiger partial charge in [0.1, 0.15) is 0 Å². The second kappa shape index (κ2) is 5.81. The van der Waals surface area contributed by atoms with Gasteiger partial charge in [-0.2, -0.15) is 0 Å². The van der Waals surface area contributed by atoms with Crippen LogP contribution in [0.1, 0.15) is 53.4 Å². The molecule has 0 bridgehead atoms. The number of carboxylic acids is 1. The minimum atomic E-state index is -0.949. The van der Waals surface area contributed by atoms with Crippen molar-refractivity contribution in [2.24, 2.45) is 5.41 Å². The van der Waals surface area contributed by atoms with Crippen LogP contribution < -0.4 is 5.32 Å². The lowest BCUT2D eigenvalue weighted by molar-refractivity contribution is -0.139. The summed E-state index contributed by atoms with van der Waals surface area (Å²) in [6, 6.07) is -0.386. The average Bonchev–Trinajstić information content (AvgIpc) is 2.54. The zero-order chi connectivity index (χ0) is 15.6. The highest BCUT2D eigenvalue weighted by molar-refractivity contribution is 5.95. The van der Waals surface area contributed by atoms with Gasteiger partial charge in [0.15, 0.2) is 0 Å².